The summed E-state index contributed by atoms with van der Waals surface area (Å²) in [7, 11) is 1.54. The first kappa shape index (κ1) is 10.1. The number of hydrogen-bond acceptors (Lipinski definition) is 3. The summed E-state index contributed by atoms with van der Waals surface area (Å²) in [6.07, 6.45) is 0.390. The van der Waals surface area contributed by atoms with Gasteiger partial charge >= 0.3 is 5.97 Å². The molecule has 0 saturated heterocycles. The van der Waals surface area contributed by atoms with Crippen molar-refractivity contribution in [3.63, 3.8) is 0 Å². The van der Waals surface area contributed by atoms with Gasteiger partial charge in [-0.3, -0.25) is 0 Å². The molecule has 80 valence electrons. The Hall–Kier alpha value is -1.42. The summed E-state index contributed by atoms with van der Waals surface area (Å²) in [5.74, 6) is -0.262. The number of carboxylic acids is 1. The predicted molar refractivity (Wildman–Crippen MR) is 56.8 cm³/mol. The number of anilines is 1. The molecule has 0 aromatic heterocycles. The summed E-state index contributed by atoms with van der Waals surface area (Å²) >= 11 is 5.98. The Labute approximate surface area is 91.8 Å². The first-order valence-corrected chi connectivity index (χ1v) is 4.86. The van der Waals surface area contributed by atoms with E-state index in [2.05, 4.69) is 5.32 Å². The van der Waals surface area contributed by atoms with Crippen LogP contribution in [0.5, 0.6) is 5.75 Å². The Bertz CT molecular complexity index is 419. The lowest BCUT2D eigenvalue weighted by Crippen LogP contribution is -2.26. The van der Waals surface area contributed by atoms with E-state index in [0.717, 1.165) is 5.56 Å². The number of nitrogens with one attached hydrogen (secondary N) is 1. The fourth-order valence-corrected chi connectivity index (χ4v) is 1.94. The van der Waals surface area contributed by atoms with E-state index >= 15 is 0 Å². The normalized spacial score (nSPS) is 18.1. The molecule has 0 fully saturated rings. The number of aliphatic carboxylic acids is 1. The maximum Gasteiger partial charge on any atom is 0.326 e. The van der Waals surface area contributed by atoms with Gasteiger partial charge in [0, 0.05) is 17.0 Å². The van der Waals surface area contributed by atoms with Crippen molar-refractivity contribution in [2.24, 2.45) is 0 Å². The first-order valence-electron chi connectivity index (χ1n) is 4.48. The van der Waals surface area contributed by atoms with Crippen molar-refractivity contribution in [3.8, 4) is 5.75 Å². The van der Waals surface area contributed by atoms with Crippen LogP contribution in [0.3, 0.4) is 0 Å². The standard InChI is InChI=1S/C10H10ClNO3/c1-15-8-3-2-6(11)5-4-7(10(13)14)12-9(5)8/h2-3,7,12H,4H2,1H3,(H,13,14). The summed E-state index contributed by atoms with van der Waals surface area (Å²) < 4.78 is 5.13. The van der Waals surface area contributed by atoms with E-state index < -0.39 is 12.0 Å². The number of methoxy groups -OCH3 is 1. The smallest absolute Gasteiger partial charge is 0.326 e. The van der Waals surface area contributed by atoms with Crippen molar-refractivity contribution < 1.29 is 14.6 Å². The van der Waals surface area contributed by atoms with Crippen LogP contribution in [0.15, 0.2) is 12.1 Å². The van der Waals surface area contributed by atoms with Crippen molar-refractivity contribution in [3.05, 3.63) is 22.7 Å². The van der Waals surface area contributed by atoms with E-state index in [4.69, 9.17) is 21.4 Å². The number of hydrogen-bond donors (Lipinski definition) is 2. The molecule has 0 saturated carbocycles. The number of halogens is 1. The van der Waals surface area contributed by atoms with E-state index in [-0.39, 0.29) is 0 Å². The maximum atomic E-state index is 10.8. The molecule has 0 amide bonds. The van der Waals surface area contributed by atoms with Crippen LogP contribution in [0.4, 0.5) is 5.69 Å². The van der Waals surface area contributed by atoms with Gasteiger partial charge in [-0.05, 0) is 12.1 Å². The van der Waals surface area contributed by atoms with Crippen LogP contribution < -0.4 is 10.1 Å². The predicted octanol–water partition coefficient (Wildman–Crippen LogP) is 1.77. The molecule has 1 unspecified atom stereocenters. The van der Waals surface area contributed by atoms with E-state index in [1.807, 2.05) is 0 Å². The summed E-state index contributed by atoms with van der Waals surface area (Å²) in [6.45, 7) is 0. The highest BCUT2D eigenvalue weighted by Crippen LogP contribution is 2.39. The highest BCUT2D eigenvalue weighted by molar-refractivity contribution is 6.32. The molecule has 1 atom stereocenters. The second-order valence-corrected chi connectivity index (χ2v) is 3.75. The number of rotatable bonds is 2. The van der Waals surface area contributed by atoms with Gasteiger partial charge in [-0.15, -0.1) is 0 Å². The molecule has 2 rings (SSSR count). The molecular weight excluding hydrogens is 218 g/mol. The van der Waals surface area contributed by atoms with Crippen LogP contribution in [-0.2, 0) is 11.2 Å². The van der Waals surface area contributed by atoms with E-state index in [1.165, 1.54) is 0 Å². The maximum absolute atomic E-state index is 10.8. The molecule has 4 nitrogen and oxygen atoms in total. The van der Waals surface area contributed by atoms with Crippen LogP contribution >= 0.6 is 11.6 Å². The van der Waals surface area contributed by atoms with Crippen LogP contribution in [0, 0.1) is 0 Å². The molecule has 2 N–H and O–H groups in total. The first-order chi connectivity index (χ1) is 7.13. The monoisotopic (exact) mass is 227 g/mol. The molecule has 15 heavy (non-hydrogen) atoms. The molecule has 1 aliphatic heterocycles. The Morgan fingerprint density at radius 1 is 1.67 bits per heavy atom. The minimum absolute atomic E-state index is 0.390. The van der Waals surface area contributed by atoms with Gasteiger partial charge < -0.3 is 15.2 Å². The Morgan fingerprint density at radius 2 is 2.40 bits per heavy atom. The van der Waals surface area contributed by atoms with Crippen molar-refractivity contribution in [2.45, 2.75) is 12.5 Å². The van der Waals surface area contributed by atoms with Gasteiger partial charge in [0.25, 0.3) is 0 Å². The number of fused-ring (bicyclic) bond motifs is 1. The third kappa shape index (κ3) is 1.61. The van der Waals surface area contributed by atoms with Crippen LogP contribution in [0.1, 0.15) is 5.56 Å². The Morgan fingerprint density at radius 3 is 3.00 bits per heavy atom. The second-order valence-electron chi connectivity index (χ2n) is 3.34. The van der Waals surface area contributed by atoms with E-state index in [0.29, 0.717) is 22.9 Å². The third-order valence-corrected chi connectivity index (χ3v) is 2.82. The lowest BCUT2D eigenvalue weighted by Gasteiger charge is -2.08. The molecule has 0 bridgehead atoms. The van der Waals surface area contributed by atoms with Crippen LogP contribution in [-0.4, -0.2) is 24.2 Å². The van der Waals surface area contributed by atoms with Gasteiger partial charge in [0.2, 0.25) is 0 Å². The zero-order chi connectivity index (χ0) is 11.0. The van der Waals surface area contributed by atoms with E-state index in [1.54, 1.807) is 19.2 Å². The zero-order valence-corrected chi connectivity index (χ0v) is 8.84. The summed E-state index contributed by atoms with van der Waals surface area (Å²) in [5.41, 5.74) is 1.50. The van der Waals surface area contributed by atoms with Crippen LogP contribution in [0.2, 0.25) is 5.02 Å². The molecular formula is C10H10ClNO3. The highest BCUT2D eigenvalue weighted by atomic mass is 35.5. The number of carboxylic acid groups (broad SMARTS) is 1. The van der Waals surface area contributed by atoms with Gasteiger partial charge in [-0.25, -0.2) is 4.79 Å². The quantitative estimate of drug-likeness (QED) is 0.809. The molecule has 1 aromatic carbocycles. The SMILES string of the molecule is COc1ccc(Cl)c2c1NC(C(=O)O)C2. The Kier molecular flexibility index (Phi) is 2.44. The molecule has 1 aliphatic rings. The van der Waals surface area contributed by atoms with Gasteiger partial charge in [-0.2, -0.15) is 0 Å². The molecule has 5 heteroatoms. The van der Waals surface area contributed by atoms with Gasteiger partial charge in [0.1, 0.15) is 11.8 Å². The minimum atomic E-state index is -0.885. The number of ether oxygens (including phenoxy) is 1. The Balaban J connectivity index is 2.43. The average molecular weight is 228 g/mol. The fourth-order valence-electron chi connectivity index (χ4n) is 1.71. The van der Waals surface area contributed by atoms with Crippen molar-refractivity contribution >= 4 is 23.3 Å². The highest BCUT2D eigenvalue weighted by Gasteiger charge is 2.30. The fraction of sp³-hybridized carbons (Fsp3) is 0.300. The average Bonchev–Trinajstić information content (AvgIpc) is 2.64. The molecule has 0 aliphatic carbocycles. The van der Waals surface area contributed by atoms with Gasteiger partial charge in [0.05, 0.1) is 12.8 Å². The summed E-state index contributed by atoms with van der Waals surface area (Å²) in [4.78, 5) is 10.8. The van der Waals surface area contributed by atoms with E-state index in [9.17, 15) is 4.79 Å². The van der Waals surface area contributed by atoms with Crippen molar-refractivity contribution in [1.29, 1.82) is 0 Å². The third-order valence-electron chi connectivity index (χ3n) is 2.46. The molecule has 0 radical (unpaired) electrons. The zero-order valence-electron chi connectivity index (χ0n) is 8.08. The summed E-state index contributed by atoms with van der Waals surface area (Å²) in [6, 6.07) is 2.82. The van der Waals surface area contributed by atoms with Crippen molar-refractivity contribution in [1.82, 2.24) is 0 Å². The minimum Gasteiger partial charge on any atom is -0.495 e. The summed E-state index contributed by atoms with van der Waals surface area (Å²) in [5, 5.41) is 12.4. The number of carbonyl (C=O) groups is 1. The largest absolute Gasteiger partial charge is 0.495 e. The molecule has 0 spiro atoms. The lowest BCUT2D eigenvalue weighted by atomic mass is 10.1. The van der Waals surface area contributed by atoms with Crippen LogP contribution in [0.25, 0.3) is 0 Å². The topological polar surface area (TPSA) is 58.6 Å². The van der Waals surface area contributed by atoms with Gasteiger partial charge in [0.15, 0.2) is 0 Å². The lowest BCUT2D eigenvalue weighted by molar-refractivity contribution is -0.137. The van der Waals surface area contributed by atoms with Gasteiger partial charge in [-0.1, -0.05) is 11.6 Å². The molecule has 1 aromatic rings. The van der Waals surface area contributed by atoms with Crippen molar-refractivity contribution in [2.75, 3.05) is 12.4 Å². The second kappa shape index (κ2) is 3.62. The number of benzene rings is 1. The molecule has 1 heterocycles.